The summed E-state index contributed by atoms with van der Waals surface area (Å²) in [5.74, 6) is 2.59. The van der Waals surface area contributed by atoms with Gasteiger partial charge in [0.25, 0.3) is 0 Å². The standard InChI is InChI=1S/C41H62N6O6/c1-7-52-35-12-8-32(9-13-35)45-26-31(23-40(4,5)30(45)3)25-44(6)38(49)43-17-19-51-20-21-53-36-14-10-33(11-15-36)46-27-34-24-41(29(2)22-37(41)46)28-47(34)39(50)42-16-18-48/h8-15,29-31,34,37,48H,7,16-28H2,1-6H3,(H,42,50)(H,43,49). The zero-order valence-corrected chi connectivity index (χ0v) is 32.7. The normalized spacial score (nSPS) is 27.1. The van der Waals surface area contributed by atoms with Gasteiger partial charge in [0.1, 0.15) is 18.1 Å². The molecular formula is C41H62N6O6. The molecule has 12 heteroatoms. The zero-order valence-electron chi connectivity index (χ0n) is 32.7. The first-order valence-corrected chi connectivity index (χ1v) is 19.7. The van der Waals surface area contributed by atoms with Crippen LogP contribution in [0.2, 0.25) is 0 Å². The average Bonchev–Trinajstić information content (AvgIpc) is 3.51. The highest BCUT2D eigenvalue weighted by atomic mass is 16.5. The summed E-state index contributed by atoms with van der Waals surface area (Å²) in [6, 6.07) is 17.4. The number of nitrogens with zero attached hydrogens (tertiary/aromatic N) is 4. The second-order valence-corrected chi connectivity index (χ2v) is 16.4. The first-order chi connectivity index (χ1) is 25.5. The van der Waals surface area contributed by atoms with E-state index in [9.17, 15) is 9.59 Å². The Morgan fingerprint density at radius 3 is 2.23 bits per heavy atom. The van der Waals surface area contributed by atoms with Crippen molar-refractivity contribution in [3.05, 3.63) is 48.5 Å². The number of likely N-dealkylation sites (tertiary alicyclic amines) is 1. The van der Waals surface area contributed by atoms with Crippen LogP contribution in [0.1, 0.15) is 53.9 Å². The summed E-state index contributed by atoms with van der Waals surface area (Å²) in [6.07, 6.45) is 3.23. The number of hydrogen-bond donors (Lipinski definition) is 3. The molecule has 3 saturated heterocycles. The molecule has 6 unspecified atom stereocenters. The Morgan fingerprint density at radius 2 is 1.57 bits per heavy atom. The molecule has 53 heavy (non-hydrogen) atoms. The van der Waals surface area contributed by atoms with E-state index in [0.717, 1.165) is 56.1 Å². The van der Waals surface area contributed by atoms with Gasteiger partial charge in [-0.1, -0.05) is 20.8 Å². The van der Waals surface area contributed by atoms with Crippen LogP contribution in [0.4, 0.5) is 21.0 Å². The summed E-state index contributed by atoms with van der Waals surface area (Å²) < 4.78 is 17.4. The molecule has 292 valence electrons. The molecule has 3 aliphatic heterocycles. The van der Waals surface area contributed by atoms with Crippen LogP contribution in [0.5, 0.6) is 11.5 Å². The van der Waals surface area contributed by atoms with Gasteiger partial charge in [0.05, 0.1) is 32.5 Å². The molecule has 2 aromatic rings. The lowest BCUT2D eigenvalue weighted by molar-refractivity contribution is 0.0112. The summed E-state index contributed by atoms with van der Waals surface area (Å²) in [5, 5.41) is 15.0. The Balaban J connectivity index is 0.890. The Bertz CT molecular complexity index is 1520. The van der Waals surface area contributed by atoms with Gasteiger partial charge in [-0.3, -0.25) is 0 Å². The minimum atomic E-state index is -0.0874. The Kier molecular flexibility index (Phi) is 12.2. The summed E-state index contributed by atoms with van der Waals surface area (Å²) in [7, 11) is 1.87. The van der Waals surface area contributed by atoms with Crippen LogP contribution >= 0.6 is 0 Å². The molecule has 3 heterocycles. The predicted octanol–water partition coefficient (Wildman–Crippen LogP) is 5.05. The van der Waals surface area contributed by atoms with Crippen LogP contribution in [-0.4, -0.2) is 124 Å². The lowest BCUT2D eigenvalue weighted by Gasteiger charge is -2.59. The monoisotopic (exact) mass is 734 g/mol. The molecular weight excluding hydrogens is 672 g/mol. The second-order valence-electron chi connectivity index (χ2n) is 16.4. The van der Waals surface area contributed by atoms with Gasteiger partial charge in [-0.05, 0) is 98.9 Å². The Labute approximate surface area is 316 Å². The van der Waals surface area contributed by atoms with E-state index in [2.05, 4.69) is 72.4 Å². The molecule has 1 spiro atoms. The molecule has 1 aliphatic carbocycles. The molecule has 4 aliphatic rings. The molecule has 2 aromatic carbocycles. The van der Waals surface area contributed by atoms with E-state index >= 15 is 0 Å². The number of fused-ring (bicyclic) bond motifs is 1. The SMILES string of the molecule is CCOc1ccc(N2CC(CN(C)C(=O)NCCOCCOc3ccc(N4CC5CC6(CN5C(=O)NCCO)C(C)CC46)cc3)CC(C)(C)C2C)cc1. The molecule has 2 bridgehead atoms. The van der Waals surface area contributed by atoms with E-state index in [0.29, 0.717) is 63.4 Å². The van der Waals surface area contributed by atoms with E-state index in [1.807, 2.05) is 43.1 Å². The smallest absolute Gasteiger partial charge is 0.317 e. The van der Waals surface area contributed by atoms with Crippen LogP contribution in [0.15, 0.2) is 48.5 Å². The molecule has 3 N–H and O–H groups in total. The Morgan fingerprint density at radius 1 is 0.887 bits per heavy atom. The number of carbonyl (C=O) groups is 2. The molecule has 12 nitrogen and oxygen atoms in total. The maximum atomic E-state index is 13.0. The number of ether oxygens (including phenoxy) is 3. The highest BCUT2D eigenvalue weighted by molar-refractivity contribution is 5.76. The van der Waals surface area contributed by atoms with Gasteiger partial charge in [-0.25, -0.2) is 9.59 Å². The maximum absolute atomic E-state index is 13.0. The number of piperidine rings is 2. The average molecular weight is 735 g/mol. The number of aliphatic hydroxyl groups excluding tert-OH is 1. The van der Waals surface area contributed by atoms with Crippen LogP contribution in [0.3, 0.4) is 0 Å². The fraction of sp³-hybridized carbons (Fsp3) is 0.659. The van der Waals surface area contributed by atoms with Crippen molar-refractivity contribution < 1.29 is 28.9 Å². The van der Waals surface area contributed by atoms with Crippen molar-refractivity contribution in [1.82, 2.24) is 20.4 Å². The predicted molar refractivity (Wildman–Crippen MR) is 208 cm³/mol. The molecule has 6 atom stereocenters. The van der Waals surface area contributed by atoms with Gasteiger partial charge in [0.2, 0.25) is 0 Å². The largest absolute Gasteiger partial charge is 0.494 e. The maximum Gasteiger partial charge on any atom is 0.317 e. The van der Waals surface area contributed by atoms with Crippen molar-refractivity contribution in [2.45, 2.75) is 72.0 Å². The minimum Gasteiger partial charge on any atom is -0.494 e. The molecule has 4 fully saturated rings. The highest BCUT2D eigenvalue weighted by Gasteiger charge is 2.64. The topological polar surface area (TPSA) is 119 Å². The van der Waals surface area contributed by atoms with Gasteiger partial charge in [-0.2, -0.15) is 0 Å². The summed E-state index contributed by atoms with van der Waals surface area (Å²) in [4.78, 5) is 34.6. The van der Waals surface area contributed by atoms with Gasteiger partial charge < -0.3 is 49.6 Å². The lowest BCUT2D eigenvalue weighted by Crippen LogP contribution is -2.64. The van der Waals surface area contributed by atoms with Crippen LogP contribution < -0.4 is 29.9 Å². The Hall–Kier alpha value is -3.90. The van der Waals surface area contributed by atoms with E-state index in [-0.39, 0.29) is 42.1 Å². The minimum absolute atomic E-state index is 0.0523. The number of benzene rings is 2. The summed E-state index contributed by atoms with van der Waals surface area (Å²) in [5.41, 5.74) is 2.58. The van der Waals surface area contributed by atoms with Crippen molar-refractivity contribution in [2.24, 2.45) is 22.7 Å². The molecule has 4 amide bonds. The quantitative estimate of drug-likeness (QED) is 0.218. The number of amides is 4. The first kappa shape index (κ1) is 38.8. The first-order valence-electron chi connectivity index (χ1n) is 19.7. The highest BCUT2D eigenvalue weighted by Crippen LogP contribution is 2.60. The van der Waals surface area contributed by atoms with Crippen molar-refractivity contribution in [2.75, 3.05) is 89.2 Å². The number of hydrogen-bond acceptors (Lipinski definition) is 8. The third-order valence-electron chi connectivity index (χ3n) is 12.6. The number of urea groups is 2. The van der Waals surface area contributed by atoms with Crippen molar-refractivity contribution in [1.29, 1.82) is 0 Å². The number of nitrogens with one attached hydrogen (secondary N) is 2. The zero-order chi connectivity index (χ0) is 37.8. The van der Waals surface area contributed by atoms with Crippen molar-refractivity contribution in [3.8, 4) is 11.5 Å². The van der Waals surface area contributed by atoms with Gasteiger partial charge in [0.15, 0.2) is 0 Å². The fourth-order valence-corrected chi connectivity index (χ4v) is 9.45. The number of aliphatic hydroxyl groups is 1. The number of carbonyl (C=O) groups excluding carboxylic acids is 2. The van der Waals surface area contributed by atoms with E-state index in [1.54, 1.807) is 4.90 Å². The van der Waals surface area contributed by atoms with Crippen LogP contribution in [-0.2, 0) is 4.74 Å². The van der Waals surface area contributed by atoms with E-state index in [1.165, 1.54) is 5.69 Å². The van der Waals surface area contributed by atoms with Crippen molar-refractivity contribution >= 4 is 23.4 Å². The molecule has 0 radical (unpaired) electrons. The van der Waals surface area contributed by atoms with E-state index < -0.39 is 0 Å². The lowest BCUT2D eigenvalue weighted by atomic mass is 9.54. The third-order valence-corrected chi connectivity index (χ3v) is 12.6. The summed E-state index contributed by atoms with van der Waals surface area (Å²) >= 11 is 0. The van der Waals surface area contributed by atoms with Crippen LogP contribution in [0, 0.1) is 22.7 Å². The molecule has 0 aromatic heterocycles. The fourth-order valence-electron chi connectivity index (χ4n) is 9.45. The van der Waals surface area contributed by atoms with Gasteiger partial charge in [0, 0.05) is 75.2 Å². The van der Waals surface area contributed by atoms with Crippen molar-refractivity contribution in [3.63, 3.8) is 0 Å². The molecule has 6 rings (SSSR count). The van der Waals surface area contributed by atoms with Gasteiger partial charge >= 0.3 is 12.1 Å². The van der Waals surface area contributed by atoms with E-state index in [4.69, 9.17) is 19.3 Å². The number of rotatable bonds is 15. The summed E-state index contributed by atoms with van der Waals surface area (Å²) in [6.45, 7) is 17.0. The second kappa shape index (κ2) is 16.6. The van der Waals surface area contributed by atoms with Crippen LogP contribution in [0.25, 0.3) is 0 Å². The third kappa shape index (κ3) is 8.43. The number of anilines is 2. The van der Waals surface area contributed by atoms with Gasteiger partial charge in [-0.15, -0.1) is 0 Å². The molecule has 1 saturated carbocycles.